The Bertz CT molecular complexity index is 769. The number of allylic oxidation sites excluding steroid dienone is 2. The molecule has 0 radical (unpaired) electrons. The summed E-state index contributed by atoms with van der Waals surface area (Å²) >= 11 is 0. The molecule has 0 N–H and O–H groups in total. The van der Waals surface area contributed by atoms with Crippen molar-refractivity contribution >= 4 is 23.8 Å². The summed E-state index contributed by atoms with van der Waals surface area (Å²) in [5.41, 5.74) is -1.99. The second kappa shape index (κ2) is 6.36. The van der Waals surface area contributed by atoms with Crippen LogP contribution in [0.4, 0.5) is 0 Å². The molecule has 0 aliphatic heterocycles. The highest BCUT2D eigenvalue weighted by Gasteiger charge is 2.68. The predicted octanol–water partition coefficient (Wildman–Crippen LogP) is 3.44. The van der Waals surface area contributed by atoms with E-state index in [1.54, 1.807) is 13.0 Å². The van der Waals surface area contributed by atoms with Gasteiger partial charge in [0.25, 0.3) is 0 Å². The maximum Gasteiger partial charge on any atom is 0.303 e. The summed E-state index contributed by atoms with van der Waals surface area (Å²) in [7, 11) is 0. The summed E-state index contributed by atoms with van der Waals surface area (Å²) in [6.45, 7) is 5.04. The Balaban J connectivity index is 1.73. The summed E-state index contributed by atoms with van der Waals surface area (Å²) < 4.78 is 5.77. The Morgan fingerprint density at radius 3 is 2.46 bits per heavy atom. The van der Waals surface area contributed by atoms with E-state index in [0.29, 0.717) is 18.8 Å². The topological polar surface area (TPSA) is 77.5 Å². The lowest BCUT2D eigenvalue weighted by atomic mass is 9.45. The largest absolute Gasteiger partial charge is 0.451 e. The summed E-state index contributed by atoms with van der Waals surface area (Å²) in [5, 5.41) is 0. The molecule has 0 spiro atoms. The van der Waals surface area contributed by atoms with E-state index in [1.807, 2.05) is 6.08 Å². The zero-order valence-corrected chi connectivity index (χ0v) is 17.0. The van der Waals surface area contributed by atoms with Crippen LogP contribution in [0, 0.1) is 34.5 Å². The Hall–Kier alpha value is -1.78. The summed E-state index contributed by atoms with van der Waals surface area (Å²) in [6.07, 6.45) is 9.88. The molecule has 3 fully saturated rings. The molecule has 0 aromatic heterocycles. The van der Waals surface area contributed by atoms with E-state index in [-0.39, 0.29) is 29.3 Å². The van der Waals surface area contributed by atoms with Gasteiger partial charge in [0.15, 0.2) is 17.2 Å². The maximum atomic E-state index is 12.7. The minimum atomic E-state index is -1.04. The van der Waals surface area contributed by atoms with Gasteiger partial charge in [-0.05, 0) is 75.2 Å². The molecule has 5 nitrogen and oxygen atoms in total. The number of aldehydes is 1. The Labute approximate surface area is 166 Å². The first kappa shape index (κ1) is 19.5. The van der Waals surface area contributed by atoms with Gasteiger partial charge < -0.3 is 9.53 Å². The number of ketones is 2. The van der Waals surface area contributed by atoms with Crippen molar-refractivity contribution in [2.45, 2.75) is 71.3 Å². The zero-order valence-electron chi connectivity index (χ0n) is 17.0. The molecule has 0 bridgehead atoms. The van der Waals surface area contributed by atoms with Crippen molar-refractivity contribution < 1.29 is 23.9 Å². The average Bonchev–Trinajstić information content (AvgIpc) is 2.94. The molecule has 4 rings (SSSR count). The third-order valence-electron chi connectivity index (χ3n) is 8.85. The molecule has 4 aliphatic rings. The van der Waals surface area contributed by atoms with E-state index >= 15 is 0 Å². The smallest absolute Gasteiger partial charge is 0.303 e. The van der Waals surface area contributed by atoms with E-state index in [1.165, 1.54) is 6.92 Å². The highest BCUT2D eigenvalue weighted by Crippen LogP contribution is 2.68. The molecule has 3 saturated carbocycles. The highest BCUT2D eigenvalue weighted by atomic mass is 16.6. The van der Waals surface area contributed by atoms with Crippen molar-refractivity contribution in [1.29, 1.82) is 0 Å². The van der Waals surface area contributed by atoms with Crippen LogP contribution >= 0.6 is 0 Å². The third-order valence-corrected chi connectivity index (χ3v) is 8.85. The fourth-order valence-corrected chi connectivity index (χ4v) is 7.63. The summed E-state index contributed by atoms with van der Waals surface area (Å²) in [6, 6.07) is 0. The van der Waals surface area contributed by atoms with Crippen LogP contribution in [0.25, 0.3) is 0 Å². The molecular formula is C23H30O5. The summed E-state index contributed by atoms with van der Waals surface area (Å²) in [5.74, 6) is 0.516. The number of Topliss-reactive ketones (excluding diaryl/α,β-unsaturated/α-hetero) is 1. The fourth-order valence-electron chi connectivity index (χ4n) is 7.63. The highest BCUT2D eigenvalue weighted by molar-refractivity contribution is 5.93. The van der Waals surface area contributed by atoms with E-state index in [2.05, 4.69) is 6.92 Å². The number of hydrogen-bond acceptors (Lipinski definition) is 5. The van der Waals surface area contributed by atoms with Crippen molar-refractivity contribution in [1.82, 2.24) is 0 Å². The van der Waals surface area contributed by atoms with Gasteiger partial charge in [-0.2, -0.15) is 0 Å². The molecule has 0 unspecified atom stereocenters. The minimum absolute atomic E-state index is 0.0619. The second-order valence-corrected chi connectivity index (χ2v) is 9.74. The van der Waals surface area contributed by atoms with Crippen LogP contribution in [0.3, 0.4) is 0 Å². The van der Waals surface area contributed by atoms with Crippen molar-refractivity contribution in [2.24, 2.45) is 34.5 Å². The molecule has 5 heteroatoms. The van der Waals surface area contributed by atoms with Gasteiger partial charge in [-0.15, -0.1) is 0 Å². The zero-order chi connectivity index (χ0) is 20.3. The molecule has 0 aromatic carbocycles. The van der Waals surface area contributed by atoms with Gasteiger partial charge in [0.2, 0.25) is 0 Å². The third kappa shape index (κ3) is 2.37. The van der Waals surface area contributed by atoms with Crippen molar-refractivity contribution in [3.63, 3.8) is 0 Å². The number of fused-ring (bicyclic) bond motifs is 5. The van der Waals surface area contributed by atoms with Gasteiger partial charge >= 0.3 is 5.97 Å². The molecule has 0 aromatic rings. The van der Waals surface area contributed by atoms with E-state index in [9.17, 15) is 19.2 Å². The number of ether oxygens (including phenoxy) is 1. The normalized spacial score (nSPS) is 46.9. The quantitative estimate of drug-likeness (QED) is 0.548. The van der Waals surface area contributed by atoms with Crippen molar-refractivity contribution in [3.05, 3.63) is 12.2 Å². The van der Waals surface area contributed by atoms with Crippen LogP contribution in [0.2, 0.25) is 0 Å². The molecule has 0 saturated heterocycles. The van der Waals surface area contributed by atoms with Gasteiger partial charge in [-0.1, -0.05) is 13.0 Å². The number of rotatable bonds is 3. The van der Waals surface area contributed by atoms with Gasteiger partial charge in [-0.25, -0.2) is 0 Å². The van der Waals surface area contributed by atoms with Crippen LogP contribution in [0.1, 0.15) is 65.7 Å². The predicted molar refractivity (Wildman–Crippen MR) is 102 cm³/mol. The van der Waals surface area contributed by atoms with E-state index in [4.69, 9.17) is 4.74 Å². The first-order chi connectivity index (χ1) is 13.2. The van der Waals surface area contributed by atoms with Crippen LogP contribution < -0.4 is 0 Å². The molecule has 28 heavy (non-hydrogen) atoms. The van der Waals surface area contributed by atoms with Gasteiger partial charge in [-0.3, -0.25) is 14.4 Å². The lowest BCUT2D eigenvalue weighted by molar-refractivity contribution is -0.188. The average molecular weight is 386 g/mol. The molecule has 4 aliphatic carbocycles. The Morgan fingerprint density at radius 2 is 1.82 bits per heavy atom. The summed E-state index contributed by atoms with van der Waals surface area (Å²) in [4.78, 5) is 48.9. The molecular weight excluding hydrogens is 356 g/mol. The number of carbonyl (C=O) groups is 4. The number of hydrogen-bond donors (Lipinski definition) is 0. The molecule has 152 valence electrons. The van der Waals surface area contributed by atoms with E-state index in [0.717, 1.165) is 38.4 Å². The lowest BCUT2D eigenvalue weighted by Crippen LogP contribution is -2.59. The SMILES string of the molecule is CC(=O)O[C@]1(C(C)=O)CC[C@H]2[C@@H]3CC[C@H]4CC(=O)C=C[C@]4(C=O)[C@H]3CC[C@@]21C. The Kier molecular flexibility index (Phi) is 4.44. The maximum absolute atomic E-state index is 12.7. The molecule has 0 amide bonds. The number of esters is 1. The second-order valence-electron chi connectivity index (χ2n) is 9.74. The first-order valence-electron chi connectivity index (χ1n) is 10.6. The Morgan fingerprint density at radius 1 is 1.11 bits per heavy atom. The standard InChI is InChI=1S/C23H30O5/c1-14(25)23(28-15(2)26)11-8-19-18-5-4-16-12-17(27)6-10-22(16,13-24)20(18)7-9-21(19,23)3/h6,10,13,16,18-20H,4-5,7-9,11-12H2,1-3H3/t16-,18-,19-,20-,21-,22+,23-/m0/s1. The fraction of sp³-hybridized carbons (Fsp3) is 0.739. The van der Waals surface area contributed by atoms with Gasteiger partial charge in [0.1, 0.15) is 6.29 Å². The van der Waals surface area contributed by atoms with Gasteiger partial charge in [0, 0.05) is 18.8 Å². The minimum Gasteiger partial charge on any atom is -0.451 e. The lowest BCUT2D eigenvalue weighted by Gasteiger charge is -2.59. The van der Waals surface area contributed by atoms with E-state index < -0.39 is 22.4 Å². The van der Waals surface area contributed by atoms with Gasteiger partial charge in [0.05, 0.1) is 5.41 Å². The molecule has 0 heterocycles. The van der Waals surface area contributed by atoms with Crippen LogP contribution in [0.5, 0.6) is 0 Å². The monoisotopic (exact) mass is 386 g/mol. The molecule has 7 atom stereocenters. The van der Waals surface area contributed by atoms with Crippen LogP contribution in [-0.2, 0) is 23.9 Å². The first-order valence-corrected chi connectivity index (χ1v) is 10.6. The van der Waals surface area contributed by atoms with Crippen LogP contribution in [-0.4, -0.2) is 29.4 Å². The van der Waals surface area contributed by atoms with Crippen molar-refractivity contribution in [3.8, 4) is 0 Å². The number of carbonyl (C=O) groups excluding carboxylic acids is 4. The van der Waals surface area contributed by atoms with Crippen LogP contribution in [0.15, 0.2) is 12.2 Å². The van der Waals surface area contributed by atoms with Crippen molar-refractivity contribution in [2.75, 3.05) is 0 Å².